The van der Waals surface area contributed by atoms with E-state index < -0.39 is 10.0 Å². The van der Waals surface area contributed by atoms with Crippen molar-refractivity contribution in [1.82, 2.24) is 9.62 Å². The third-order valence-electron chi connectivity index (χ3n) is 5.01. The summed E-state index contributed by atoms with van der Waals surface area (Å²) >= 11 is 0. The molecule has 0 saturated heterocycles. The smallest absolute Gasteiger partial charge is 0.254 e. The zero-order chi connectivity index (χ0) is 24.6. The number of nitrogens with zero attached hydrogens (tertiary/aromatic N) is 1. The van der Waals surface area contributed by atoms with Crippen LogP contribution in [-0.2, 0) is 27.9 Å². The monoisotopic (exact) mass is 477 g/mol. The van der Waals surface area contributed by atoms with Gasteiger partial charge in [0.25, 0.3) is 5.91 Å². The number of anilines is 1. The van der Waals surface area contributed by atoms with Crippen molar-refractivity contribution in [3.8, 4) is 0 Å². The maximum Gasteiger partial charge on any atom is 0.254 e. The fourth-order valence-corrected chi connectivity index (χ4v) is 4.33. The van der Waals surface area contributed by atoms with Gasteiger partial charge in [0, 0.05) is 37.8 Å². The highest BCUT2D eigenvalue weighted by atomic mass is 32.2. The highest BCUT2D eigenvalue weighted by molar-refractivity contribution is 7.89. The molecule has 0 aliphatic rings. The molecule has 0 bridgehead atoms. The first-order valence-electron chi connectivity index (χ1n) is 10.7. The summed E-state index contributed by atoms with van der Waals surface area (Å²) in [5.41, 5.74) is 2.77. The van der Waals surface area contributed by atoms with Crippen molar-refractivity contribution in [1.29, 1.82) is 0 Å². The van der Waals surface area contributed by atoms with Gasteiger partial charge in [-0.1, -0.05) is 48.5 Å². The molecular weight excluding hydrogens is 450 g/mol. The maximum atomic E-state index is 13.0. The van der Waals surface area contributed by atoms with Gasteiger partial charge in [-0.25, -0.2) is 13.1 Å². The normalized spacial score (nSPS) is 11.0. The molecule has 0 spiro atoms. The molecule has 0 aliphatic carbocycles. The Labute approximate surface area is 200 Å². The van der Waals surface area contributed by atoms with Gasteiger partial charge in [0.05, 0.1) is 4.90 Å². The first-order valence-corrected chi connectivity index (χ1v) is 12.2. The Morgan fingerprint density at radius 1 is 0.912 bits per heavy atom. The van der Waals surface area contributed by atoms with Gasteiger partial charge in [-0.15, -0.1) is 6.58 Å². The van der Waals surface area contributed by atoms with Crippen LogP contribution >= 0.6 is 0 Å². The minimum Gasteiger partial charge on any atom is -0.331 e. The van der Waals surface area contributed by atoms with Crippen LogP contribution in [0.5, 0.6) is 0 Å². The molecule has 7 nitrogen and oxygen atoms in total. The van der Waals surface area contributed by atoms with Crippen LogP contribution in [-0.4, -0.2) is 31.7 Å². The number of hydrogen-bond acceptors (Lipinski definition) is 4. The van der Waals surface area contributed by atoms with E-state index in [4.69, 9.17) is 0 Å². The summed E-state index contributed by atoms with van der Waals surface area (Å²) in [7, 11) is -3.73. The third-order valence-corrected chi connectivity index (χ3v) is 6.42. The van der Waals surface area contributed by atoms with E-state index in [0.29, 0.717) is 29.9 Å². The predicted molar refractivity (Wildman–Crippen MR) is 133 cm³/mol. The quantitative estimate of drug-likeness (QED) is 0.432. The molecule has 34 heavy (non-hydrogen) atoms. The summed E-state index contributed by atoms with van der Waals surface area (Å²) in [6.07, 6.45) is 1.69. The molecule has 2 N–H and O–H groups in total. The number of benzene rings is 3. The SMILES string of the molecule is C=CCN(Cc1ccccc1)C(=O)c1ccc(CNS(=O)(=O)c2ccc(NC(C)=O)cc2)cc1. The van der Waals surface area contributed by atoms with Gasteiger partial charge < -0.3 is 10.2 Å². The highest BCUT2D eigenvalue weighted by Gasteiger charge is 2.16. The molecular formula is C26H27N3O4S. The van der Waals surface area contributed by atoms with Gasteiger partial charge in [-0.05, 0) is 47.5 Å². The second-order valence-corrected chi connectivity index (χ2v) is 9.45. The molecule has 0 fully saturated rings. The number of rotatable bonds is 10. The van der Waals surface area contributed by atoms with Crippen LogP contribution in [0.25, 0.3) is 0 Å². The molecule has 3 rings (SSSR count). The van der Waals surface area contributed by atoms with Crippen LogP contribution in [0.2, 0.25) is 0 Å². The minimum absolute atomic E-state index is 0.0740. The van der Waals surface area contributed by atoms with E-state index in [9.17, 15) is 18.0 Å². The Morgan fingerprint density at radius 2 is 1.56 bits per heavy atom. The van der Waals surface area contributed by atoms with E-state index in [1.165, 1.54) is 31.2 Å². The summed E-state index contributed by atoms with van der Waals surface area (Å²) in [6, 6.07) is 22.5. The Bertz CT molecular complexity index is 1240. The first-order chi connectivity index (χ1) is 16.3. The molecule has 3 aromatic carbocycles. The lowest BCUT2D eigenvalue weighted by molar-refractivity contribution is -0.114. The standard InChI is InChI=1S/C26H27N3O4S/c1-3-17-29(19-22-7-5-4-6-8-22)26(31)23-11-9-21(10-12-23)18-27-34(32,33)25-15-13-24(14-16-25)28-20(2)30/h3-16,27H,1,17-19H2,2H3,(H,28,30). The summed E-state index contributed by atoms with van der Waals surface area (Å²) in [4.78, 5) is 25.9. The molecule has 0 atom stereocenters. The van der Waals surface area contributed by atoms with Crippen LogP contribution in [0.15, 0.2) is 96.4 Å². The van der Waals surface area contributed by atoms with Gasteiger partial charge in [-0.3, -0.25) is 9.59 Å². The highest BCUT2D eigenvalue weighted by Crippen LogP contribution is 2.15. The van der Waals surface area contributed by atoms with E-state index in [2.05, 4.69) is 16.6 Å². The van der Waals surface area contributed by atoms with Gasteiger partial charge in [0.1, 0.15) is 0 Å². The van der Waals surface area contributed by atoms with Crippen molar-refractivity contribution >= 4 is 27.5 Å². The predicted octanol–water partition coefficient (Wildman–Crippen LogP) is 3.95. The molecule has 0 aliphatic heterocycles. The van der Waals surface area contributed by atoms with Crippen LogP contribution < -0.4 is 10.0 Å². The van der Waals surface area contributed by atoms with Gasteiger partial charge in [0.15, 0.2) is 0 Å². The molecule has 0 saturated carbocycles. The van der Waals surface area contributed by atoms with Gasteiger partial charge in [0.2, 0.25) is 15.9 Å². The zero-order valence-electron chi connectivity index (χ0n) is 18.9. The largest absolute Gasteiger partial charge is 0.331 e. The Hall–Kier alpha value is -3.75. The maximum absolute atomic E-state index is 13.0. The minimum atomic E-state index is -3.73. The second-order valence-electron chi connectivity index (χ2n) is 7.69. The van der Waals surface area contributed by atoms with Crippen molar-refractivity contribution in [2.24, 2.45) is 0 Å². The Kier molecular flexibility index (Phi) is 8.34. The molecule has 3 aromatic rings. The van der Waals surface area contributed by atoms with Crippen LogP contribution in [0.3, 0.4) is 0 Å². The molecule has 0 heterocycles. The molecule has 8 heteroatoms. The molecule has 0 unspecified atom stereocenters. The van der Waals surface area contributed by atoms with Gasteiger partial charge in [-0.2, -0.15) is 0 Å². The number of carbonyl (C=O) groups excluding carboxylic acids is 2. The molecule has 0 aromatic heterocycles. The van der Waals surface area contributed by atoms with E-state index in [1.54, 1.807) is 35.2 Å². The average Bonchev–Trinajstić information content (AvgIpc) is 2.83. The fraction of sp³-hybridized carbons (Fsp3) is 0.154. The summed E-state index contributed by atoms with van der Waals surface area (Å²) < 4.78 is 27.7. The van der Waals surface area contributed by atoms with Crippen LogP contribution in [0.1, 0.15) is 28.4 Å². The lowest BCUT2D eigenvalue weighted by atomic mass is 10.1. The van der Waals surface area contributed by atoms with E-state index in [0.717, 1.165) is 5.56 Å². The zero-order valence-corrected chi connectivity index (χ0v) is 19.7. The second kappa shape index (κ2) is 11.4. The number of sulfonamides is 1. The summed E-state index contributed by atoms with van der Waals surface area (Å²) in [5.74, 6) is -0.363. The Balaban J connectivity index is 1.63. The number of hydrogen-bond donors (Lipinski definition) is 2. The lowest BCUT2D eigenvalue weighted by Crippen LogP contribution is -2.30. The topological polar surface area (TPSA) is 95.6 Å². The third kappa shape index (κ3) is 6.87. The molecule has 176 valence electrons. The lowest BCUT2D eigenvalue weighted by Gasteiger charge is -2.21. The number of nitrogens with one attached hydrogen (secondary N) is 2. The van der Waals surface area contributed by atoms with Crippen molar-refractivity contribution < 1.29 is 18.0 Å². The van der Waals surface area contributed by atoms with Crippen molar-refractivity contribution in [2.75, 3.05) is 11.9 Å². The molecule has 0 radical (unpaired) electrons. The van der Waals surface area contributed by atoms with Crippen molar-refractivity contribution in [3.63, 3.8) is 0 Å². The van der Waals surface area contributed by atoms with E-state index in [-0.39, 0.29) is 23.3 Å². The van der Waals surface area contributed by atoms with Gasteiger partial charge >= 0.3 is 0 Å². The summed E-state index contributed by atoms with van der Waals surface area (Å²) in [5, 5.41) is 2.59. The number of amides is 2. The van der Waals surface area contributed by atoms with Crippen LogP contribution in [0, 0.1) is 0 Å². The van der Waals surface area contributed by atoms with Crippen molar-refractivity contribution in [3.05, 3.63) is 108 Å². The van der Waals surface area contributed by atoms with E-state index in [1.807, 2.05) is 30.3 Å². The summed E-state index contributed by atoms with van der Waals surface area (Å²) in [6.45, 7) is 6.08. The van der Waals surface area contributed by atoms with Crippen LogP contribution in [0.4, 0.5) is 5.69 Å². The van der Waals surface area contributed by atoms with Crippen molar-refractivity contribution in [2.45, 2.75) is 24.9 Å². The molecule has 2 amide bonds. The average molecular weight is 478 g/mol. The Morgan fingerprint density at radius 3 is 2.15 bits per heavy atom. The number of carbonyl (C=O) groups is 2. The first kappa shape index (κ1) is 24.9. The fourth-order valence-electron chi connectivity index (χ4n) is 3.31. The van der Waals surface area contributed by atoms with E-state index >= 15 is 0 Å².